The molecule has 0 spiro atoms. The number of anilines is 2. The van der Waals surface area contributed by atoms with E-state index in [1.165, 1.54) is 26.2 Å². The Hall–Kier alpha value is -2.52. The van der Waals surface area contributed by atoms with Crippen molar-refractivity contribution >= 4 is 40.8 Å². The molecule has 0 saturated heterocycles. The lowest BCUT2D eigenvalue weighted by atomic mass is 10.1. The van der Waals surface area contributed by atoms with E-state index in [4.69, 9.17) is 18.0 Å². The number of carbonyl (C=O) groups excluding carboxylic acids is 3. The first kappa shape index (κ1) is 18.5. The van der Waals surface area contributed by atoms with Gasteiger partial charge in [0, 0.05) is 19.8 Å². The topological polar surface area (TPSA) is 84.5 Å². The number of halogens is 1. The molecule has 1 aromatic carbocycles. The minimum Gasteiger partial charge on any atom is -0.465 e. The van der Waals surface area contributed by atoms with Crippen LogP contribution in [-0.4, -0.2) is 24.9 Å². The Morgan fingerprint density at radius 2 is 1.96 bits per heavy atom. The van der Waals surface area contributed by atoms with E-state index in [2.05, 4.69) is 21.3 Å². The molecule has 0 bridgehead atoms. The quantitative estimate of drug-likeness (QED) is 0.475. The summed E-state index contributed by atoms with van der Waals surface area (Å²) in [4.78, 5) is 34.9. The first-order valence-corrected chi connectivity index (χ1v) is 7.19. The second-order valence-corrected chi connectivity index (χ2v) is 5.06. The third kappa shape index (κ3) is 5.64. The Bertz CT molecular complexity index is 665. The Morgan fingerprint density at radius 1 is 1.26 bits per heavy atom. The van der Waals surface area contributed by atoms with E-state index in [9.17, 15) is 14.4 Å². The number of hydrogen-bond donors (Lipinski definition) is 2. The van der Waals surface area contributed by atoms with Crippen LogP contribution in [0.4, 0.5) is 11.4 Å². The van der Waals surface area contributed by atoms with Gasteiger partial charge >= 0.3 is 5.97 Å². The smallest absolute Gasteiger partial charge is 0.340 e. The SMILES string of the molecule is C#CCCCC(=O)Nc1cc(C(=O)OC)c(NC(C)=O)cc1Cl. The summed E-state index contributed by atoms with van der Waals surface area (Å²) in [5.74, 6) is 1.15. The minimum atomic E-state index is -0.659. The molecule has 0 aromatic heterocycles. The van der Waals surface area contributed by atoms with Gasteiger partial charge in [-0.25, -0.2) is 4.79 Å². The number of rotatable bonds is 6. The molecule has 0 aliphatic carbocycles. The van der Waals surface area contributed by atoms with Crippen molar-refractivity contribution in [1.29, 1.82) is 0 Å². The summed E-state index contributed by atoms with van der Waals surface area (Å²) < 4.78 is 4.67. The number of hydrogen-bond acceptors (Lipinski definition) is 4. The lowest BCUT2D eigenvalue weighted by Gasteiger charge is -2.13. The van der Waals surface area contributed by atoms with E-state index in [1.54, 1.807) is 0 Å². The van der Waals surface area contributed by atoms with E-state index >= 15 is 0 Å². The largest absolute Gasteiger partial charge is 0.465 e. The highest BCUT2D eigenvalue weighted by atomic mass is 35.5. The summed E-state index contributed by atoms with van der Waals surface area (Å²) in [6.45, 7) is 1.30. The van der Waals surface area contributed by atoms with E-state index in [1.807, 2.05) is 0 Å². The molecule has 7 heteroatoms. The fourth-order valence-corrected chi connectivity index (χ4v) is 2.02. The zero-order valence-electron chi connectivity index (χ0n) is 12.9. The van der Waals surface area contributed by atoms with Gasteiger partial charge in [-0.05, 0) is 18.6 Å². The fraction of sp³-hybridized carbons (Fsp3) is 0.312. The van der Waals surface area contributed by atoms with Crippen LogP contribution in [0.1, 0.15) is 36.5 Å². The average molecular weight is 337 g/mol. The van der Waals surface area contributed by atoms with Crippen LogP contribution in [0, 0.1) is 12.3 Å². The van der Waals surface area contributed by atoms with Gasteiger partial charge in [0.1, 0.15) is 0 Å². The van der Waals surface area contributed by atoms with Gasteiger partial charge in [0.25, 0.3) is 0 Å². The van der Waals surface area contributed by atoms with Crippen molar-refractivity contribution in [3.8, 4) is 12.3 Å². The molecular weight excluding hydrogens is 320 g/mol. The molecule has 0 radical (unpaired) electrons. The Kier molecular flexibility index (Phi) is 7.10. The summed E-state index contributed by atoms with van der Waals surface area (Å²) in [5.41, 5.74) is 0.553. The highest BCUT2D eigenvalue weighted by Crippen LogP contribution is 2.30. The highest BCUT2D eigenvalue weighted by Gasteiger charge is 2.17. The molecule has 2 amide bonds. The summed E-state index contributed by atoms with van der Waals surface area (Å²) >= 11 is 6.09. The first-order valence-electron chi connectivity index (χ1n) is 6.81. The lowest BCUT2D eigenvalue weighted by Crippen LogP contribution is -2.15. The first-order chi connectivity index (χ1) is 10.9. The molecule has 2 N–H and O–H groups in total. The van der Waals surface area contributed by atoms with Crippen LogP contribution in [0.15, 0.2) is 12.1 Å². The number of carbonyl (C=O) groups is 3. The van der Waals surface area contributed by atoms with Crippen molar-refractivity contribution in [2.75, 3.05) is 17.7 Å². The van der Waals surface area contributed by atoms with Crippen molar-refractivity contribution < 1.29 is 19.1 Å². The summed E-state index contributed by atoms with van der Waals surface area (Å²) in [5, 5.41) is 5.29. The minimum absolute atomic E-state index is 0.0889. The number of ether oxygens (including phenoxy) is 1. The summed E-state index contributed by atoms with van der Waals surface area (Å²) in [7, 11) is 1.21. The zero-order valence-corrected chi connectivity index (χ0v) is 13.6. The van der Waals surface area contributed by atoms with Crippen molar-refractivity contribution in [1.82, 2.24) is 0 Å². The highest BCUT2D eigenvalue weighted by molar-refractivity contribution is 6.34. The normalized spacial score (nSPS) is 9.65. The Morgan fingerprint density at radius 3 is 2.52 bits per heavy atom. The number of methoxy groups -OCH3 is 1. The van der Waals surface area contributed by atoms with Crippen LogP contribution >= 0.6 is 11.6 Å². The molecule has 23 heavy (non-hydrogen) atoms. The van der Waals surface area contributed by atoms with E-state index < -0.39 is 5.97 Å². The molecule has 1 aromatic rings. The Labute approximate surface area is 139 Å². The third-order valence-corrected chi connectivity index (χ3v) is 3.13. The van der Waals surface area contributed by atoms with Crippen molar-refractivity contribution in [2.45, 2.75) is 26.2 Å². The van der Waals surface area contributed by atoms with E-state index in [-0.39, 0.29) is 40.2 Å². The maximum Gasteiger partial charge on any atom is 0.340 e. The maximum absolute atomic E-state index is 11.8. The van der Waals surface area contributed by atoms with Crippen LogP contribution in [0.3, 0.4) is 0 Å². The van der Waals surface area contributed by atoms with Gasteiger partial charge in [-0.3, -0.25) is 9.59 Å². The zero-order chi connectivity index (χ0) is 17.4. The molecule has 122 valence electrons. The number of benzene rings is 1. The molecule has 6 nitrogen and oxygen atoms in total. The van der Waals surface area contributed by atoms with E-state index in [0.29, 0.717) is 12.8 Å². The van der Waals surface area contributed by atoms with Crippen molar-refractivity contribution in [3.63, 3.8) is 0 Å². The average Bonchev–Trinajstić information content (AvgIpc) is 2.48. The maximum atomic E-state index is 11.8. The number of amides is 2. The van der Waals surface area contributed by atoms with Crippen molar-refractivity contribution in [2.24, 2.45) is 0 Å². The van der Waals surface area contributed by atoms with Gasteiger partial charge in [-0.15, -0.1) is 12.3 Å². The van der Waals surface area contributed by atoms with Gasteiger partial charge in [0.05, 0.1) is 29.1 Å². The molecule has 0 aliphatic heterocycles. The van der Waals surface area contributed by atoms with Gasteiger partial charge in [0.15, 0.2) is 0 Å². The summed E-state index contributed by atoms with van der Waals surface area (Å²) in [6.07, 6.45) is 6.41. The Balaban J connectivity index is 3.05. The predicted molar refractivity (Wildman–Crippen MR) is 88.4 cm³/mol. The number of esters is 1. The lowest BCUT2D eigenvalue weighted by molar-refractivity contribution is -0.116. The molecular formula is C16H17ClN2O4. The molecule has 1 rings (SSSR count). The third-order valence-electron chi connectivity index (χ3n) is 2.82. The molecule has 0 saturated carbocycles. The molecule has 0 atom stereocenters. The van der Waals surface area contributed by atoms with Gasteiger partial charge < -0.3 is 15.4 Å². The van der Waals surface area contributed by atoms with Gasteiger partial charge in [0.2, 0.25) is 11.8 Å². The van der Waals surface area contributed by atoms with Gasteiger partial charge in [-0.1, -0.05) is 11.6 Å². The fourth-order valence-electron chi connectivity index (χ4n) is 1.80. The second-order valence-electron chi connectivity index (χ2n) is 4.66. The standard InChI is InChI=1S/C16H17ClN2O4/c1-4-5-6-7-15(21)19-14-8-11(16(22)23-3)13(9-12(14)17)18-10(2)20/h1,8-9H,5-7H2,2-3H3,(H,18,20)(H,19,21). The second kappa shape index (κ2) is 8.81. The van der Waals surface area contributed by atoms with Crippen LogP contribution in [-0.2, 0) is 14.3 Å². The monoisotopic (exact) mass is 336 g/mol. The van der Waals surface area contributed by atoms with Crippen LogP contribution in [0.25, 0.3) is 0 Å². The molecule has 0 heterocycles. The van der Waals surface area contributed by atoms with Crippen LogP contribution < -0.4 is 10.6 Å². The van der Waals surface area contributed by atoms with Crippen LogP contribution in [0.2, 0.25) is 5.02 Å². The number of nitrogens with one attached hydrogen (secondary N) is 2. The number of terminal acetylenes is 1. The van der Waals surface area contributed by atoms with Crippen molar-refractivity contribution in [3.05, 3.63) is 22.7 Å². The van der Waals surface area contributed by atoms with Gasteiger partial charge in [-0.2, -0.15) is 0 Å². The summed E-state index contributed by atoms with van der Waals surface area (Å²) in [6, 6.07) is 2.74. The molecule has 0 unspecified atom stereocenters. The molecule has 0 fully saturated rings. The number of unbranched alkanes of at least 4 members (excludes halogenated alkanes) is 1. The molecule has 0 aliphatic rings. The predicted octanol–water partition coefficient (Wildman–Crippen LogP) is 2.83. The van der Waals surface area contributed by atoms with Crippen LogP contribution in [0.5, 0.6) is 0 Å². The van der Waals surface area contributed by atoms with E-state index in [0.717, 1.165) is 0 Å².